The van der Waals surface area contributed by atoms with Gasteiger partial charge in [-0.2, -0.15) is 0 Å². The lowest BCUT2D eigenvalue weighted by atomic mass is 9.98. The maximum Gasteiger partial charge on any atom is 0.175 e. The Hall–Kier alpha value is -0.320. The van der Waals surface area contributed by atoms with Crippen LogP contribution in [0.3, 0.4) is 0 Å². The summed E-state index contributed by atoms with van der Waals surface area (Å²) in [6.45, 7) is 4.69. The number of nitrogens with two attached hydrogens (primary N) is 1. The maximum absolute atomic E-state index is 9.80. The Morgan fingerprint density at radius 2 is 1.95 bits per heavy atom. The molecular weight excluding hydrogens is 266 g/mol. The number of aliphatic hydroxyl groups is 3. The molecule has 0 aromatic carbocycles. The van der Waals surface area contributed by atoms with Crippen molar-refractivity contribution in [2.24, 2.45) is 5.73 Å². The molecule has 0 bridgehead atoms. The Bertz CT molecular complexity index is 288. The fourth-order valence-electron chi connectivity index (χ4n) is 2.49. The molecule has 0 amide bonds. The zero-order chi connectivity index (χ0) is 14.5. The second-order valence-electron chi connectivity index (χ2n) is 5.25. The van der Waals surface area contributed by atoms with Crippen molar-refractivity contribution in [3.8, 4) is 0 Å². The van der Waals surface area contributed by atoms with E-state index in [1.54, 1.807) is 0 Å². The number of ether oxygens (including phenoxy) is 2. The van der Waals surface area contributed by atoms with Crippen LogP contribution in [0, 0.1) is 0 Å². The molecule has 6 N–H and O–H groups in total. The summed E-state index contributed by atoms with van der Waals surface area (Å²) in [7, 11) is 0. The Morgan fingerprint density at radius 1 is 1.25 bits per heavy atom. The van der Waals surface area contributed by atoms with Crippen molar-refractivity contribution in [3.05, 3.63) is 0 Å². The number of hydrogen-bond donors (Lipinski definition) is 5. The van der Waals surface area contributed by atoms with E-state index >= 15 is 0 Å². The van der Waals surface area contributed by atoms with Gasteiger partial charge in [-0.15, -0.1) is 0 Å². The Labute approximate surface area is 118 Å². The van der Waals surface area contributed by atoms with Crippen LogP contribution in [0.4, 0.5) is 0 Å². The molecule has 2 fully saturated rings. The van der Waals surface area contributed by atoms with Crippen molar-refractivity contribution in [2.75, 3.05) is 45.9 Å². The van der Waals surface area contributed by atoms with Crippen LogP contribution < -0.4 is 11.1 Å². The number of hydrogen-bond acceptors (Lipinski definition) is 8. The van der Waals surface area contributed by atoms with E-state index in [9.17, 15) is 10.2 Å². The van der Waals surface area contributed by atoms with Crippen molar-refractivity contribution >= 4 is 0 Å². The summed E-state index contributed by atoms with van der Waals surface area (Å²) in [5.74, 6) is 0. The third-order valence-electron chi connectivity index (χ3n) is 3.83. The molecule has 0 aromatic heterocycles. The number of nitrogens with one attached hydrogen (secondary N) is 1. The van der Waals surface area contributed by atoms with Crippen LogP contribution in [0.1, 0.15) is 0 Å². The van der Waals surface area contributed by atoms with Crippen molar-refractivity contribution in [2.45, 2.75) is 30.6 Å². The molecule has 118 valence electrons. The third-order valence-corrected chi connectivity index (χ3v) is 3.83. The normalized spacial score (nSPS) is 39.9. The summed E-state index contributed by atoms with van der Waals surface area (Å²) in [6, 6.07) is -0.823. The molecule has 0 saturated carbocycles. The van der Waals surface area contributed by atoms with Crippen molar-refractivity contribution in [1.82, 2.24) is 10.2 Å². The summed E-state index contributed by atoms with van der Waals surface area (Å²) in [5, 5.41) is 31.8. The largest absolute Gasteiger partial charge is 0.394 e. The second-order valence-corrected chi connectivity index (χ2v) is 5.25. The molecule has 8 heteroatoms. The molecule has 0 aliphatic carbocycles. The lowest BCUT2D eigenvalue weighted by Crippen LogP contribution is -2.62. The van der Waals surface area contributed by atoms with Gasteiger partial charge in [0, 0.05) is 32.7 Å². The minimum absolute atomic E-state index is 0.386. The topological polar surface area (TPSA) is 120 Å². The number of rotatable bonds is 5. The van der Waals surface area contributed by atoms with Gasteiger partial charge in [-0.25, -0.2) is 0 Å². The van der Waals surface area contributed by atoms with Gasteiger partial charge in [0.25, 0.3) is 0 Å². The smallest absolute Gasteiger partial charge is 0.175 e. The lowest BCUT2D eigenvalue weighted by molar-refractivity contribution is -0.266. The average Bonchev–Trinajstić information content (AvgIpc) is 2.48. The second kappa shape index (κ2) is 7.62. The van der Waals surface area contributed by atoms with Gasteiger partial charge in [-0.05, 0) is 0 Å². The summed E-state index contributed by atoms with van der Waals surface area (Å²) >= 11 is 0. The molecule has 2 rings (SSSR count). The summed E-state index contributed by atoms with van der Waals surface area (Å²) in [6.07, 6.45) is -4.03. The van der Waals surface area contributed by atoms with Gasteiger partial charge < -0.3 is 35.8 Å². The Kier molecular flexibility index (Phi) is 6.12. The molecule has 8 nitrogen and oxygen atoms in total. The SMILES string of the molecule is N[C@H]1[C@H](OCCN2CCNCC2)O[C@H](CO)[C@@H](O)[C@@H]1O. The molecular formula is C12H25N3O5. The van der Waals surface area contributed by atoms with Gasteiger partial charge in [0.1, 0.15) is 18.3 Å². The molecule has 0 spiro atoms. The highest BCUT2D eigenvalue weighted by atomic mass is 16.7. The van der Waals surface area contributed by atoms with E-state index < -0.39 is 30.6 Å². The highest BCUT2D eigenvalue weighted by molar-refractivity contribution is 4.91. The van der Waals surface area contributed by atoms with Crippen LogP contribution in [0.5, 0.6) is 0 Å². The van der Waals surface area contributed by atoms with Crippen LogP contribution in [0.25, 0.3) is 0 Å². The molecule has 0 aromatic rings. The molecule has 0 unspecified atom stereocenters. The highest BCUT2D eigenvalue weighted by Crippen LogP contribution is 2.20. The minimum atomic E-state index is -1.19. The molecule has 5 atom stereocenters. The fourth-order valence-corrected chi connectivity index (χ4v) is 2.49. The third kappa shape index (κ3) is 3.86. The summed E-state index contributed by atoms with van der Waals surface area (Å²) in [4.78, 5) is 2.26. The monoisotopic (exact) mass is 291 g/mol. The summed E-state index contributed by atoms with van der Waals surface area (Å²) in [5.41, 5.74) is 5.78. The first-order valence-electron chi connectivity index (χ1n) is 7.06. The number of piperazine rings is 1. The number of nitrogens with zero attached hydrogens (tertiary/aromatic N) is 1. The van der Waals surface area contributed by atoms with Gasteiger partial charge in [-0.1, -0.05) is 0 Å². The lowest BCUT2D eigenvalue weighted by Gasteiger charge is -2.40. The van der Waals surface area contributed by atoms with Crippen molar-refractivity contribution in [3.63, 3.8) is 0 Å². The number of aliphatic hydroxyl groups excluding tert-OH is 3. The van der Waals surface area contributed by atoms with E-state index in [1.807, 2.05) is 0 Å². The van der Waals surface area contributed by atoms with Gasteiger partial charge in [0.05, 0.1) is 19.3 Å². The van der Waals surface area contributed by atoms with Gasteiger partial charge in [-0.3, -0.25) is 4.90 Å². The van der Waals surface area contributed by atoms with E-state index in [-0.39, 0.29) is 6.61 Å². The standard InChI is InChI=1S/C12H25N3O5/c13-9-11(18)10(17)8(7-16)20-12(9)19-6-5-15-3-1-14-2-4-15/h8-12,14,16-18H,1-7,13H2/t8-,9-,10-,11-,12-/m1/s1. The van der Waals surface area contributed by atoms with Gasteiger partial charge >= 0.3 is 0 Å². The predicted molar refractivity (Wildman–Crippen MR) is 71.0 cm³/mol. The Morgan fingerprint density at radius 3 is 2.60 bits per heavy atom. The predicted octanol–water partition coefficient (Wildman–Crippen LogP) is -3.33. The quantitative estimate of drug-likeness (QED) is 0.357. The minimum Gasteiger partial charge on any atom is -0.394 e. The first-order chi connectivity index (χ1) is 9.63. The van der Waals surface area contributed by atoms with E-state index in [0.717, 1.165) is 32.7 Å². The highest BCUT2D eigenvalue weighted by Gasteiger charge is 2.42. The molecule has 20 heavy (non-hydrogen) atoms. The first-order valence-corrected chi connectivity index (χ1v) is 7.06. The van der Waals surface area contributed by atoms with Crippen molar-refractivity contribution < 1.29 is 24.8 Å². The van der Waals surface area contributed by atoms with E-state index in [2.05, 4.69) is 10.2 Å². The van der Waals surface area contributed by atoms with Crippen LogP contribution in [-0.2, 0) is 9.47 Å². The van der Waals surface area contributed by atoms with E-state index in [1.165, 1.54) is 0 Å². The Balaban J connectivity index is 1.76. The van der Waals surface area contributed by atoms with Crippen LogP contribution in [-0.4, -0.2) is 96.8 Å². The van der Waals surface area contributed by atoms with Crippen LogP contribution >= 0.6 is 0 Å². The zero-order valence-electron chi connectivity index (χ0n) is 11.5. The van der Waals surface area contributed by atoms with E-state index in [0.29, 0.717) is 6.61 Å². The van der Waals surface area contributed by atoms with E-state index in [4.69, 9.17) is 20.3 Å². The zero-order valence-corrected chi connectivity index (χ0v) is 11.5. The fraction of sp³-hybridized carbons (Fsp3) is 1.00. The van der Waals surface area contributed by atoms with Crippen LogP contribution in [0.2, 0.25) is 0 Å². The molecule has 0 radical (unpaired) electrons. The van der Waals surface area contributed by atoms with Crippen LogP contribution in [0.15, 0.2) is 0 Å². The average molecular weight is 291 g/mol. The molecule has 2 aliphatic rings. The first kappa shape index (κ1) is 16.1. The molecule has 2 aliphatic heterocycles. The molecule has 2 heterocycles. The van der Waals surface area contributed by atoms with Gasteiger partial charge in [0.2, 0.25) is 0 Å². The van der Waals surface area contributed by atoms with Gasteiger partial charge in [0.15, 0.2) is 6.29 Å². The summed E-state index contributed by atoms with van der Waals surface area (Å²) < 4.78 is 10.9. The molecule has 2 saturated heterocycles. The van der Waals surface area contributed by atoms with Crippen molar-refractivity contribution in [1.29, 1.82) is 0 Å². The maximum atomic E-state index is 9.80.